The second kappa shape index (κ2) is 13.2. The van der Waals surface area contributed by atoms with E-state index in [1.165, 1.54) is 4.90 Å². The number of anilines is 1. The minimum Gasteiger partial charge on any atom is -0.481 e. The van der Waals surface area contributed by atoms with Gasteiger partial charge in [-0.3, -0.25) is 19.3 Å². The zero-order valence-electron chi connectivity index (χ0n) is 26.5. The van der Waals surface area contributed by atoms with Crippen LogP contribution in [0.2, 0.25) is 0 Å². The van der Waals surface area contributed by atoms with Crippen molar-refractivity contribution in [1.82, 2.24) is 9.80 Å². The van der Waals surface area contributed by atoms with Gasteiger partial charge in [0, 0.05) is 19.0 Å². The molecule has 7 rings (SSSR count). The molecule has 0 radical (unpaired) electrons. The first kappa shape index (κ1) is 31.0. The topological polar surface area (TPSA) is 107 Å². The normalized spacial score (nSPS) is 24.0. The van der Waals surface area contributed by atoms with Crippen LogP contribution < -0.4 is 4.90 Å². The summed E-state index contributed by atoms with van der Waals surface area (Å²) < 4.78 is 6.03. The van der Waals surface area contributed by atoms with Crippen molar-refractivity contribution in [3.63, 3.8) is 0 Å². The van der Waals surface area contributed by atoms with Crippen LogP contribution in [-0.2, 0) is 38.5 Å². The van der Waals surface area contributed by atoms with E-state index in [2.05, 4.69) is 0 Å². The molecule has 1 saturated heterocycles. The summed E-state index contributed by atoms with van der Waals surface area (Å²) in [4.78, 5) is 60.3. The SMILES string of the molecule is O=C(O)C[C@H]1Cc2ccccc2CN1C(=O)[C@H]1CC[C@@H](c2ccccc2)N1C(=O)[C@H]1Cc2ccccc2N1C(=O)OC1CCCCC1. The van der Waals surface area contributed by atoms with Gasteiger partial charge in [-0.25, -0.2) is 4.79 Å². The molecule has 0 unspecified atom stereocenters. The lowest BCUT2D eigenvalue weighted by Gasteiger charge is -2.41. The second-order valence-corrected chi connectivity index (χ2v) is 13.3. The van der Waals surface area contributed by atoms with Crippen molar-refractivity contribution in [2.45, 2.75) is 101 Å². The van der Waals surface area contributed by atoms with E-state index < -0.39 is 30.2 Å². The first-order valence-electron chi connectivity index (χ1n) is 16.9. The van der Waals surface area contributed by atoms with Crippen LogP contribution in [0, 0.1) is 0 Å². The van der Waals surface area contributed by atoms with Gasteiger partial charge in [0.25, 0.3) is 0 Å². The monoisotopic (exact) mass is 635 g/mol. The Balaban J connectivity index is 1.23. The van der Waals surface area contributed by atoms with Crippen molar-refractivity contribution < 1.29 is 29.0 Å². The first-order valence-corrected chi connectivity index (χ1v) is 16.9. The van der Waals surface area contributed by atoms with Gasteiger partial charge >= 0.3 is 12.1 Å². The van der Waals surface area contributed by atoms with Crippen LogP contribution in [0.3, 0.4) is 0 Å². The Morgan fingerprint density at radius 2 is 1.38 bits per heavy atom. The summed E-state index contributed by atoms with van der Waals surface area (Å²) in [6.45, 7) is 0.288. The van der Waals surface area contributed by atoms with Gasteiger partial charge in [-0.2, -0.15) is 0 Å². The van der Waals surface area contributed by atoms with E-state index >= 15 is 0 Å². The summed E-state index contributed by atoms with van der Waals surface area (Å²) >= 11 is 0. The molecule has 1 saturated carbocycles. The van der Waals surface area contributed by atoms with E-state index in [-0.39, 0.29) is 36.9 Å². The molecule has 1 aliphatic carbocycles. The number of fused-ring (bicyclic) bond motifs is 2. The Hall–Kier alpha value is -4.66. The number of likely N-dealkylation sites (tertiary alicyclic amines) is 1. The molecule has 9 nitrogen and oxygen atoms in total. The molecule has 0 bridgehead atoms. The van der Waals surface area contributed by atoms with Gasteiger partial charge < -0.3 is 19.6 Å². The maximum Gasteiger partial charge on any atom is 0.415 e. The lowest BCUT2D eigenvalue weighted by Crippen LogP contribution is -2.57. The fraction of sp³-hybridized carbons (Fsp3) is 0.421. The molecular formula is C38H41N3O6. The lowest BCUT2D eigenvalue weighted by atomic mass is 9.91. The summed E-state index contributed by atoms with van der Waals surface area (Å²) in [5.74, 6) is -1.51. The minimum absolute atomic E-state index is 0.175. The van der Waals surface area contributed by atoms with Crippen LogP contribution in [0.5, 0.6) is 0 Å². The van der Waals surface area contributed by atoms with E-state index in [1.54, 1.807) is 9.80 Å². The molecule has 3 amide bonds. The highest BCUT2D eigenvalue weighted by molar-refractivity contribution is 6.02. The lowest BCUT2D eigenvalue weighted by molar-refractivity contribution is -0.150. The van der Waals surface area contributed by atoms with Crippen molar-refractivity contribution in [2.24, 2.45) is 0 Å². The number of carboxylic acid groups (broad SMARTS) is 1. The number of benzene rings is 3. The van der Waals surface area contributed by atoms with E-state index in [4.69, 9.17) is 4.74 Å². The molecule has 3 heterocycles. The van der Waals surface area contributed by atoms with Gasteiger partial charge in [0.2, 0.25) is 11.8 Å². The standard InChI is InChI=1S/C38H41N3O6/c42-35(43)23-29-21-26-13-7-8-15-28(26)24-39(29)36(44)33-20-19-32(25-11-3-1-4-12-25)40(33)37(45)34-22-27-14-9-10-18-31(27)41(34)38(46)47-30-16-5-2-6-17-30/h1,3-4,7-15,18,29-30,32-34H,2,5-6,16-17,19-24H2,(H,42,43)/t29-,32+,33-,34-/m1/s1. The molecule has 1 N–H and O–H groups in total. The van der Waals surface area contributed by atoms with E-state index in [1.807, 2.05) is 78.9 Å². The zero-order valence-corrected chi connectivity index (χ0v) is 26.5. The number of ether oxygens (including phenoxy) is 1. The number of para-hydroxylation sites is 1. The maximum absolute atomic E-state index is 15.0. The van der Waals surface area contributed by atoms with Crippen molar-refractivity contribution >= 4 is 29.6 Å². The predicted octanol–water partition coefficient (Wildman–Crippen LogP) is 6.05. The average Bonchev–Trinajstić information content (AvgIpc) is 3.71. The number of aliphatic carboxylic acids is 1. The third-order valence-electron chi connectivity index (χ3n) is 10.4. The number of rotatable bonds is 6. The van der Waals surface area contributed by atoms with E-state index in [0.717, 1.165) is 54.4 Å². The summed E-state index contributed by atoms with van der Waals surface area (Å²) in [5, 5.41) is 9.79. The zero-order chi connectivity index (χ0) is 32.5. The molecule has 0 aromatic heterocycles. The maximum atomic E-state index is 15.0. The Morgan fingerprint density at radius 1 is 0.702 bits per heavy atom. The van der Waals surface area contributed by atoms with E-state index in [9.17, 15) is 24.3 Å². The van der Waals surface area contributed by atoms with Gasteiger partial charge in [0.05, 0.1) is 18.2 Å². The molecule has 4 aliphatic rings. The average molecular weight is 636 g/mol. The summed E-state index contributed by atoms with van der Waals surface area (Å²) in [6.07, 6.45) is 5.68. The fourth-order valence-electron chi connectivity index (χ4n) is 8.15. The van der Waals surface area contributed by atoms with Gasteiger partial charge in [0.1, 0.15) is 18.2 Å². The van der Waals surface area contributed by atoms with Crippen LogP contribution in [0.4, 0.5) is 10.5 Å². The van der Waals surface area contributed by atoms with Crippen molar-refractivity contribution in [3.05, 3.63) is 101 Å². The number of hydrogen-bond donors (Lipinski definition) is 1. The Bertz CT molecular complexity index is 1650. The number of hydrogen-bond acceptors (Lipinski definition) is 5. The van der Waals surface area contributed by atoms with Crippen molar-refractivity contribution in [3.8, 4) is 0 Å². The molecule has 4 atom stereocenters. The van der Waals surface area contributed by atoms with Gasteiger partial charge in [-0.05, 0) is 73.3 Å². The van der Waals surface area contributed by atoms with Crippen LogP contribution in [0.15, 0.2) is 78.9 Å². The number of carbonyl (C=O) groups is 4. The van der Waals surface area contributed by atoms with E-state index in [0.29, 0.717) is 31.4 Å². The smallest absolute Gasteiger partial charge is 0.415 e. The Kier molecular flexibility index (Phi) is 8.71. The van der Waals surface area contributed by atoms with Crippen LogP contribution in [-0.4, -0.2) is 63.0 Å². The summed E-state index contributed by atoms with van der Waals surface area (Å²) in [7, 11) is 0. The van der Waals surface area contributed by atoms with Crippen LogP contribution in [0.1, 0.15) is 79.7 Å². The minimum atomic E-state index is -0.968. The molecule has 244 valence electrons. The highest BCUT2D eigenvalue weighted by Crippen LogP contribution is 2.42. The van der Waals surface area contributed by atoms with Crippen LogP contribution >= 0.6 is 0 Å². The third-order valence-corrected chi connectivity index (χ3v) is 10.4. The third kappa shape index (κ3) is 6.11. The molecule has 0 spiro atoms. The summed E-state index contributed by atoms with van der Waals surface area (Å²) in [6, 6.07) is 22.5. The quantitative estimate of drug-likeness (QED) is 0.354. The van der Waals surface area contributed by atoms with Gasteiger partial charge in [0.15, 0.2) is 0 Å². The predicted molar refractivity (Wildman–Crippen MR) is 176 cm³/mol. The largest absolute Gasteiger partial charge is 0.481 e. The van der Waals surface area contributed by atoms with Crippen molar-refractivity contribution in [1.29, 1.82) is 0 Å². The van der Waals surface area contributed by atoms with Gasteiger partial charge in [-0.1, -0.05) is 79.2 Å². The molecule has 3 aromatic carbocycles. The Labute approximate surface area is 275 Å². The molecular weight excluding hydrogens is 594 g/mol. The molecule has 3 aromatic rings. The highest BCUT2D eigenvalue weighted by atomic mass is 16.6. The fourth-order valence-corrected chi connectivity index (χ4v) is 8.15. The number of carboxylic acids is 1. The summed E-state index contributed by atoms with van der Waals surface area (Å²) in [5.41, 5.74) is 4.51. The number of amides is 3. The second-order valence-electron chi connectivity index (χ2n) is 13.3. The molecule has 47 heavy (non-hydrogen) atoms. The van der Waals surface area contributed by atoms with Gasteiger partial charge in [-0.15, -0.1) is 0 Å². The first-order chi connectivity index (χ1) is 22.9. The molecule has 2 fully saturated rings. The van der Waals surface area contributed by atoms with Crippen LogP contribution in [0.25, 0.3) is 0 Å². The number of nitrogens with zero attached hydrogens (tertiary/aromatic N) is 3. The molecule has 9 heteroatoms. The Morgan fingerprint density at radius 3 is 2.13 bits per heavy atom. The van der Waals surface area contributed by atoms with Crippen molar-refractivity contribution in [2.75, 3.05) is 4.90 Å². The highest BCUT2D eigenvalue weighted by Gasteiger charge is 2.50. The number of carbonyl (C=O) groups excluding carboxylic acids is 3. The molecule has 3 aliphatic heterocycles.